The quantitative estimate of drug-likeness (QED) is 0.738. The van der Waals surface area contributed by atoms with Crippen molar-refractivity contribution in [3.05, 3.63) is 0 Å². The Bertz CT molecular complexity index is 273. The molecule has 0 heterocycles. The maximum Gasteiger partial charge on any atom is 0.234 e. The lowest BCUT2D eigenvalue weighted by molar-refractivity contribution is -0.124. The van der Waals surface area contributed by atoms with Gasteiger partial charge in [0.15, 0.2) is 0 Å². The van der Waals surface area contributed by atoms with Crippen molar-refractivity contribution in [2.45, 2.75) is 69.9 Å². The average molecular weight is 268 g/mol. The summed E-state index contributed by atoms with van der Waals surface area (Å²) in [6.45, 7) is 1.58. The third-order valence-electron chi connectivity index (χ3n) is 4.51. The van der Waals surface area contributed by atoms with Crippen LogP contribution in [0, 0.1) is 0 Å². The highest BCUT2D eigenvalue weighted by Crippen LogP contribution is 2.24. The molecule has 0 saturated heterocycles. The molecule has 0 atom stereocenters. The number of nitrogens with zero attached hydrogens (tertiary/aromatic N) is 1. The van der Waals surface area contributed by atoms with Crippen molar-refractivity contribution in [2.75, 3.05) is 19.7 Å². The second kappa shape index (κ2) is 7.85. The number of aliphatic hydroxyl groups is 1. The van der Waals surface area contributed by atoms with Crippen LogP contribution in [0.1, 0.15) is 57.8 Å². The van der Waals surface area contributed by atoms with Gasteiger partial charge in [-0.1, -0.05) is 25.7 Å². The molecule has 1 amide bonds. The van der Waals surface area contributed by atoms with Crippen molar-refractivity contribution in [3.63, 3.8) is 0 Å². The van der Waals surface area contributed by atoms with Crippen molar-refractivity contribution >= 4 is 5.91 Å². The number of nitrogens with one attached hydrogen (secondary N) is 1. The number of hydrogen-bond acceptors (Lipinski definition) is 3. The van der Waals surface area contributed by atoms with E-state index in [4.69, 9.17) is 5.11 Å². The molecular formula is C15H28N2O2. The van der Waals surface area contributed by atoms with Gasteiger partial charge in [-0.15, -0.1) is 0 Å². The highest BCUT2D eigenvalue weighted by atomic mass is 16.3. The fourth-order valence-corrected chi connectivity index (χ4v) is 3.12. The minimum absolute atomic E-state index is 0.178. The zero-order valence-corrected chi connectivity index (χ0v) is 11.9. The SMILES string of the molecule is O=C(CN(CCCO)C1CCC1)NC1CCCCC1. The molecule has 4 heteroatoms. The molecule has 0 radical (unpaired) electrons. The second-order valence-electron chi connectivity index (χ2n) is 6.03. The van der Waals surface area contributed by atoms with E-state index in [9.17, 15) is 4.79 Å². The predicted molar refractivity (Wildman–Crippen MR) is 75.9 cm³/mol. The molecule has 0 unspecified atom stereocenters. The van der Waals surface area contributed by atoms with E-state index in [1.807, 2.05) is 0 Å². The summed E-state index contributed by atoms with van der Waals surface area (Å²) < 4.78 is 0. The van der Waals surface area contributed by atoms with Crippen LogP contribution in [0.15, 0.2) is 0 Å². The van der Waals surface area contributed by atoms with Crippen molar-refractivity contribution in [2.24, 2.45) is 0 Å². The fourth-order valence-electron chi connectivity index (χ4n) is 3.12. The average Bonchev–Trinajstić information content (AvgIpc) is 2.35. The molecule has 2 aliphatic carbocycles. The van der Waals surface area contributed by atoms with Gasteiger partial charge in [-0.2, -0.15) is 0 Å². The normalized spacial score (nSPS) is 21.4. The lowest BCUT2D eigenvalue weighted by atomic mass is 9.91. The van der Waals surface area contributed by atoms with E-state index >= 15 is 0 Å². The van der Waals surface area contributed by atoms with Crippen LogP contribution in [-0.4, -0.2) is 47.7 Å². The maximum atomic E-state index is 12.1. The summed E-state index contributed by atoms with van der Waals surface area (Å²) in [6.07, 6.45) is 10.6. The molecule has 0 aromatic heterocycles. The Labute approximate surface area is 116 Å². The third-order valence-corrected chi connectivity index (χ3v) is 4.51. The van der Waals surface area contributed by atoms with Crippen LogP contribution in [0.3, 0.4) is 0 Å². The van der Waals surface area contributed by atoms with E-state index in [0.29, 0.717) is 18.6 Å². The van der Waals surface area contributed by atoms with Gasteiger partial charge in [0, 0.05) is 25.2 Å². The zero-order valence-electron chi connectivity index (χ0n) is 11.9. The third kappa shape index (κ3) is 4.77. The van der Waals surface area contributed by atoms with Crippen LogP contribution in [-0.2, 0) is 4.79 Å². The predicted octanol–water partition coefficient (Wildman–Crippen LogP) is 1.67. The topological polar surface area (TPSA) is 52.6 Å². The van der Waals surface area contributed by atoms with Gasteiger partial charge in [0.2, 0.25) is 5.91 Å². The van der Waals surface area contributed by atoms with Crippen LogP contribution in [0.25, 0.3) is 0 Å². The molecule has 110 valence electrons. The molecule has 2 rings (SSSR count). The first kappa shape index (κ1) is 14.8. The first-order valence-electron chi connectivity index (χ1n) is 7.94. The van der Waals surface area contributed by atoms with Gasteiger partial charge < -0.3 is 10.4 Å². The number of amides is 1. The van der Waals surface area contributed by atoms with E-state index in [1.54, 1.807) is 0 Å². The molecule has 19 heavy (non-hydrogen) atoms. The van der Waals surface area contributed by atoms with Gasteiger partial charge in [-0.3, -0.25) is 9.69 Å². The van der Waals surface area contributed by atoms with E-state index in [-0.39, 0.29) is 12.5 Å². The highest BCUT2D eigenvalue weighted by Gasteiger charge is 2.26. The summed E-state index contributed by atoms with van der Waals surface area (Å²) in [5.74, 6) is 0.178. The summed E-state index contributed by atoms with van der Waals surface area (Å²) in [5, 5.41) is 12.1. The number of rotatable bonds is 7. The largest absolute Gasteiger partial charge is 0.396 e. The van der Waals surface area contributed by atoms with E-state index in [0.717, 1.165) is 25.8 Å². The van der Waals surface area contributed by atoms with Gasteiger partial charge in [0.1, 0.15) is 0 Å². The van der Waals surface area contributed by atoms with Crippen LogP contribution in [0.2, 0.25) is 0 Å². The molecule has 0 aliphatic heterocycles. The molecule has 0 spiro atoms. The molecule has 2 N–H and O–H groups in total. The first-order chi connectivity index (χ1) is 9.29. The second-order valence-corrected chi connectivity index (χ2v) is 6.03. The van der Waals surface area contributed by atoms with Crippen LogP contribution in [0.4, 0.5) is 0 Å². The van der Waals surface area contributed by atoms with Crippen LogP contribution >= 0.6 is 0 Å². The zero-order chi connectivity index (χ0) is 13.5. The molecule has 4 nitrogen and oxygen atoms in total. The Morgan fingerprint density at radius 2 is 1.84 bits per heavy atom. The summed E-state index contributed by atoms with van der Waals surface area (Å²) in [4.78, 5) is 14.4. The molecular weight excluding hydrogens is 240 g/mol. The molecule has 2 aliphatic rings. The van der Waals surface area contributed by atoms with E-state index in [2.05, 4.69) is 10.2 Å². The monoisotopic (exact) mass is 268 g/mol. The number of hydrogen-bond donors (Lipinski definition) is 2. The highest BCUT2D eigenvalue weighted by molar-refractivity contribution is 5.78. The Balaban J connectivity index is 1.73. The Hall–Kier alpha value is -0.610. The minimum Gasteiger partial charge on any atom is -0.396 e. The number of carbonyl (C=O) groups is 1. The summed E-state index contributed by atoms with van der Waals surface area (Å²) in [5.41, 5.74) is 0. The molecule has 0 bridgehead atoms. The van der Waals surface area contributed by atoms with Crippen molar-refractivity contribution < 1.29 is 9.90 Å². The lowest BCUT2D eigenvalue weighted by Gasteiger charge is -2.37. The Morgan fingerprint density at radius 1 is 1.11 bits per heavy atom. The summed E-state index contributed by atoms with van der Waals surface area (Å²) >= 11 is 0. The van der Waals surface area contributed by atoms with Gasteiger partial charge in [0.05, 0.1) is 6.54 Å². The maximum absolute atomic E-state index is 12.1. The van der Waals surface area contributed by atoms with Gasteiger partial charge in [-0.25, -0.2) is 0 Å². The first-order valence-corrected chi connectivity index (χ1v) is 7.94. The standard InChI is InChI=1S/C15H28N2O2/c18-11-5-10-17(14-8-4-9-14)12-15(19)16-13-6-2-1-3-7-13/h13-14,18H,1-12H2,(H,16,19). The smallest absolute Gasteiger partial charge is 0.234 e. The summed E-state index contributed by atoms with van der Waals surface area (Å²) in [7, 11) is 0. The minimum atomic E-state index is 0.178. The molecule has 2 fully saturated rings. The van der Waals surface area contributed by atoms with Gasteiger partial charge >= 0.3 is 0 Å². The molecule has 2 saturated carbocycles. The molecule has 0 aromatic carbocycles. The Morgan fingerprint density at radius 3 is 2.42 bits per heavy atom. The van der Waals surface area contributed by atoms with Crippen LogP contribution in [0.5, 0.6) is 0 Å². The lowest BCUT2D eigenvalue weighted by Crippen LogP contribution is -2.48. The number of carbonyl (C=O) groups excluding carboxylic acids is 1. The fraction of sp³-hybridized carbons (Fsp3) is 0.933. The van der Waals surface area contributed by atoms with Crippen LogP contribution < -0.4 is 5.32 Å². The Kier molecular flexibility index (Phi) is 6.11. The number of aliphatic hydroxyl groups excluding tert-OH is 1. The van der Waals surface area contributed by atoms with Crippen molar-refractivity contribution in [3.8, 4) is 0 Å². The van der Waals surface area contributed by atoms with Crippen molar-refractivity contribution in [1.82, 2.24) is 10.2 Å². The van der Waals surface area contributed by atoms with E-state index < -0.39 is 0 Å². The molecule has 0 aromatic rings. The van der Waals surface area contributed by atoms with Gasteiger partial charge in [0.25, 0.3) is 0 Å². The summed E-state index contributed by atoms with van der Waals surface area (Å²) in [6, 6.07) is 0.978. The van der Waals surface area contributed by atoms with E-state index in [1.165, 1.54) is 38.5 Å². The van der Waals surface area contributed by atoms with Crippen molar-refractivity contribution in [1.29, 1.82) is 0 Å². The van der Waals surface area contributed by atoms with Gasteiger partial charge in [-0.05, 0) is 32.1 Å².